The summed E-state index contributed by atoms with van der Waals surface area (Å²) in [7, 11) is 0. The Hall–Kier alpha value is -1.90. The highest BCUT2D eigenvalue weighted by Gasteiger charge is 2.19. The van der Waals surface area contributed by atoms with Gasteiger partial charge in [-0.2, -0.15) is 0 Å². The zero-order chi connectivity index (χ0) is 13.4. The Morgan fingerprint density at radius 2 is 1.78 bits per heavy atom. The summed E-state index contributed by atoms with van der Waals surface area (Å²) in [4.78, 5) is 15.4. The van der Waals surface area contributed by atoms with Crippen LogP contribution in [0.3, 0.4) is 0 Å². The molecule has 0 atom stereocenters. The number of halogens is 1. The molecule has 18 heavy (non-hydrogen) atoms. The second-order valence-corrected chi connectivity index (χ2v) is 4.69. The van der Waals surface area contributed by atoms with Gasteiger partial charge in [0, 0.05) is 5.69 Å². The van der Waals surface area contributed by atoms with E-state index in [9.17, 15) is 9.18 Å². The Bertz CT molecular complexity index is 626. The van der Waals surface area contributed by atoms with Crippen LogP contribution < -0.4 is 0 Å². The number of H-pyrrole nitrogens is 1. The van der Waals surface area contributed by atoms with Gasteiger partial charge in [-0.1, -0.05) is 11.6 Å². The molecule has 0 spiro atoms. The Labute approximate surface area is 106 Å². The highest BCUT2D eigenvalue weighted by molar-refractivity contribution is 6.09. The van der Waals surface area contributed by atoms with E-state index in [1.807, 2.05) is 27.7 Å². The molecular weight excluding hydrogens is 229 g/mol. The molecule has 0 aliphatic heterocycles. The van der Waals surface area contributed by atoms with Crippen LogP contribution in [0.4, 0.5) is 4.39 Å². The predicted octanol–water partition coefficient (Wildman–Crippen LogP) is 3.62. The van der Waals surface area contributed by atoms with Gasteiger partial charge in [-0.25, -0.2) is 4.39 Å². The van der Waals surface area contributed by atoms with Gasteiger partial charge in [-0.05, 0) is 51.0 Å². The van der Waals surface area contributed by atoms with Crippen molar-refractivity contribution in [3.63, 3.8) is 0 Å². The van der Waals surface area contributed by atoms with Gasteiger partial charge in [0.1, 0.15) is 5.82 Å². The monoisotopic (exact) mass is 245 g/mol. The summed E-state index contributed by atoms with van der Waals surface area (Å²) in [5.41, 5.74) is 4.36. The van der Waals surface area contributed by atoms with Crippen LogP contribution in [0.5, 0.6) is 0 Å². The first-order chi connectivity index (χ1) is 8.41. The third-order valence-corrected chi connectivity index (χ3v) is 3.41. The molecule has 2 rings (SSSR count). The van der Waals surface area contributed by atoms with Crippen molar-refractivity contribution in [1.82, 2.24) is 4.98 Å². The standard InChI is InChI=1S/C15H16FNO/c1-8-5-6-13(16)12(7-8)15(18)14-10(3)9(2)11(4)17-14/h5-7,17H,1-4H3. The van der Waals surface area contributed by atoms with E-state index < -0.39 is 5.82 Å². The number of aryl methyl sites for hydroxylation is 2. The van der Waals surface area contributed by atoms with Crippen LogP contribution >= 0.6 is 0 Å². The van der Waals surface area contributed by atoms with Crippen LogP contribution in [0, 0.1) is 33.5 Å². The van der Waals surface area contributed by atoms with Crippen LogP contribution in [-0.4, -0.2) is 10.8 Å². The van der Waals surface area contributed by atoms with E-state index >= 15 is 0 Å². The lowest BCUT2D eigenvalue weighted by molar-refractivity contribution is 0.103. The van der Waals surface area contributed by atoms with Crippen molar-refractivity contribution in [2.45, 2.75) is 27.7 Å². The molecule has 1 aromatic carbocycles. The largest absolute Gasteiger partial charge is 0.356 e. The van der Waals surface area contributed by atoms with E-state index in [1.165, 1.54) is 6.07 Å². The minimum Gasteiger partial charge on any atom is -0.356 e. The average molecular weight is 245 g/mol. The molecule has 0 aliphatic carbocycles. The zero-order valence-electron chi connectivity index (χ0n) is 11.0. The fourth-order valence-electron chi connectivity index (χ4n) is 2.02. The average Bonchev–Trinajstić information content (AvgIpc) is 2.59. The van der Waals surface area contributed by atoms with Gasteiger partial charge in [-0.15, -0.1) is 0 Å². The topological polar surface area (TPSA) is 32.9 Å². The summed E-state index contributed by atoms with van der Waals surface area (Å²) in [6, 6.07) is 4.58. The van der Waals surface area contributed by atoms with Crippen molar-refractivity contribution >= 4 is 5.78 Å². The Morgan fingerprint density at radius 3 is 2.33 bits per heavy atom. The minimum absolute atomic E-state index is 0.124. The zero-order valence-corrected chi connectivity index (χ0v) is 11.0. The van der Waals surface area contributed by atoms with Gasteiger partial charge in [0.2, 0.25) is 5.78 Å². The Morgan fingerprint density at radius 1 is 1.11 bits per heavy atom. The second-order valence-electron chi connectivity index (χ2n) is 4.69. The molecular formula is C15H16FNO. The molecule has 0 amide bonds. The van der Waals surface area contributed by atoms with Crippen molar-refractivity contribution in [3.8, 4) is 0 Å². The molecule has 0 unspecified atom stereocenters. The molecule has 0 saturated heterocycles. The maximum absolute atomic E-state index is 13.7. The number of nitrogens with one attached hydrogen (secondary N) is 1. The summed E-state index contributed by atoms with van der Waals surface area (Å²) >= 11 is 0. The summed E-state index contributed by atoms with van der Waals surface area (Å²) in [6.07, 6.45) is 0. The van der Waals surface area contributed by atoms with E-state index in [4.69, 9.17) is 0 Å². The predicted molar refractivity (Wildman–Crippen MR) is 69.6 cm³/mol. The number of hydrogen-bond donors (Lipinski definition) is 1. The first kappa shape index (κ1) is 12.6. The number of carbonyl (C=O) groups excluding carboxylic acids is 1. The van der Waals surface area contributed by atoms with Gasteiger partial charge >= 0.3 is 0 Å². The SMILES string of the molecule is Cc1ccc(F)c(C(=O)c2[nH]c(C)c(C)c2C)c1. The van der Waals surface area contributed by atoms with Gasteiger partial charge in [0.25, 0.3) is 0 Å². The number of hydrogen-bond acceptors (Lipinski definition) is 1. The van der Waals surface area contributed by atoms with Gasteiger partial charge in [0.05, 0.1) is 11.3 Å². The van der Waals surface area contributed by atoms with Crippen LogP contribution in [0.2, 0.25) is 0 Å². The maximum Gasteiger partial charge on any atom is 0.212 e. The molecule has 0 radical (unpaired) electrons. The summed E-state index contributed by atoms with van der Waals surface area (Å²) in [5.74, 6) is -0.764. The molecule has 1 N–H and O–H groups in total. The van der Waals surface area contributed by atoms with Gasteiger partial charge < -0.3 is 4.98 Å². The van der Waals surface area contributed by atoms with Crippen LogP contribution in [0.15, 0.2) is 18.2 Å². The molecule has 2 aromatic rings. The maximum atomic E-state index is 13.7. The summed E-state index contributed by atoms with van der Waals surface area (Å²) in [5, 5.41) is 0. The van der Waals surface area contributed by atoms with E-state index in [2.05, 4.69) is 4.98 Å². The number of aromatic nitrogens is 1. The normalized spacial score (nSPS) is 10.7. The van der Waals surface area contributed by atoms with E-state index in [0.717, 1.165) is 22.4 Å². The Balaban J connectivity index is 2.54. The molecule has 94 valence electrons. The van der Waals surface area contributed by atoms with Crippen LogP contribution in [-0.2, 0) is 0 Å². The first-order valence-corrected chi connectivity index (χ1v) is 5.88. The third kappa shape index (κ3) is 1.96. The number of benzene rings is 1. The number of ketones is 1. The lowest BCUT2D eigenvalue weighted by Crippen LogP contribution is -2.07. The summed E-state index contributed by atoms with van der Waals surface area (Å²) < 4.78 is 13.7. The molecule has 0 saturated carbocycles. The van der Waals surface area contributed by atoms with Crippen molar-refractivity contribution in [3.05, 3.63) is 57.7 Å². The summed E-state index contributed by atoms with van der Waals surface area (Å²) in [6.45, 7) is 7.57. The minimum atomic E-state index is -0.477. The van der Waals surface area contributed by atoms with Crippen LogP contribution in [0.25, 0.3) is 0 Å². The molecule has 0 aliphatic rings. The molecule has 2 nitrogen and oxygen atoms in total. The van der Waals surface area contributed by atoms with E-state index in [1.54, 1.807) is 12.1 Å². The van der Waals surface area contributed by atoms with Crippen molar-refractivity contribution < 1.29 is 9.18 Å². The molecule has 3 heteroatoms. The van der Waals surface area contributed by atoms with Crippen molar-refractivity contribution in [1.29, 1.82) is 0 Å². The molecule has 0 bridgehead atoms. The number of carbonyl (C=O) groups is 1. The van der Waals surface area contributed by atoms with Gasteiger partial charge in [-0.3, -0.25) is 4.79 Å². The van der Waals surface area contributed by atoms with Crippen molar-refractivity contribution in [2.24, 2.45) is 0 Å². The van der Waals surface area contributed by atoms with Crippen molar-refractivity contribution in [2.75, 3.05) is 0 Å². The Kier molecular flexibility index (Phi) is 3.07. The highest BCUT2D eigenvalue weighted by atomic mass is 19.1. The molecule has 1 heterocycles. The fraction of sp³-hybridized carbons (Fsp3) is 0.267. The lowest BCUT2D eigenvalue weighted by Gasteiger charge is -2.04. The second kappa shape index (κ2) is 4.41. The van der Waals surface area contributed by atoms with Gasteiger partial charge in [0.15, 0.2) is 0 Å². The number of rotatable bonds is 2. The van der Waals surface area contributed by atoms with Crippen LogP contribution in [0.1, 0.15) is 38.4 Å². The molecule has 0 fully saturated rings. The third-order valence-electron chi connectivity index (χ3n) is 3.41. The smallest absolute Gasteiger partial charge is 0.212 e. The van der Waals surface area contributed by atoms with E-state index in [-0.39, 0.29) is 11.3 Å². The highest BCUT2D eigenvalue weighted by Crippen LogP contribution is 2.21. The quantitative estimate of drug-likeness (QED) is 0.805. The fourth-order valence-corrected chi connectivity index (χ4v) is 2.02. The van der Waals surface area contributed by atoms with E-state index in [0.29, 0.717) is 5.69 Å². The molecule has 1 aromatic heterocycles. The number of aromatic amines is 1. The lowest BCUT2D eigenvalue weighted by atomic mass is 10.0. The first-order valence-electron chi connectivity index (χ1n) is 5.88.